The summed E-state index contributed by atoms with van der Waals surface area (Å²) < 4.78 is 11.8. The van der Waals surface area contributed by atoms with Gasteiger partial charge in [-0.2, -0.15) is 0 Å². The first-order valence-electron chi connectivity index (χ1n) is 9.74. The molecule has 1 aliphatic rings. The first kappa shape index (κ1) is 19.1. The van der Waals surface area contributed by atoms with Crippen molar-refractivity contribution in [1.82, 2.24) is 4.90 Å². The summed E-state index contributed by atoms with van der Waals surface area (Å²) in [4.78, 5) is 27.4. The highest BCUT2D eigenvalue weighted by Crippen LogP contribution is 2.34. The molecule has 4 aromatic rings. The van der Waals surface area contributed by atoms with Crippen LogP contribution in [0, 0.1) is 0 Å². The lowest BCUT2D eigenvalue weighted by atomic mass is 9.99. The van der Waals surface area contributed by atoms with Crippen LogP contribution in [0.1, 0.15) is 18.4 Å². The fourth-order valence-corrected chi connectivity index (χ4v) is 4.47. The number of rotatable bonds is 3. The Morgan fingerprint density at radius 2 is 1.77 bits per heavy atom. The monoisotopic (exact) mass is 467 g/mol. The lowest BCUT2D eigenvalue weighted by molar-refractivity contribution is 0.323. The molecule has 30 heavy (non-hydrogen) atoms. The van der Waals surface area contributed by atoms with Gasteiger partial charge >= 0.3 is 11.3 Å². The van der Waals surface area contributed by atoms with E-state index >= 15 is 0 Å². The summed E-state index contributed by atoms with van der Waals surface area (Å²) in [7, 11) is 0. The van der Waals surface area contributed by atoms with Gasteiger partial charge in [0.15, 0.2) is 0 Å². The Hall–Kier alpha value is -2.90. The minimum absolute atomic E-state index is 0.0733. The predicted molar refractivity (Wildman–Crippen MR) is 118 cm³/mol. The van der Waals surface area contributed by atoms with E-state index < -0.39 is 11.3 Å². The third-order valence-electron chi connectivity index (χ3n) is 5.56. The Morgan fingerprint density at radius 1 is 0.967 bits per heavy atom. The SMILES string of the molecule is O=c1cc(-c2cc3cc(Br)ccc3oc2=O)c2ccc(O)c(CN3CCCC3)c2o1. The zero-order chi connectivity index (χ0) is 20.8. The molecule has 1 saturated heterocycles. The molecule has 0 spiro atoms. The molecule has 0 amide bonds. The van der Waals surface area contributed by atoms with Crippen molar-refractivity contribution in [3.05, 3.63) is 73.3 Å². The molecule has 6 nitrogen and oxygen atoms in total. The van der Waals surface area contributed by atoms with E-state index in [1.54, 1.807) is 30.3 Å². The van der Waals surface area contributed by atoms with Gasteiger partial charge in [-0.15, -0.1) is 0 Å². The second-order valence-electron chi connectivity index (χ2n) is 7.53. The number of fused-ring (bicyclic) bond motifs is 2. The largest absolute Gasteiger partial charge is 0.507 e. The number of halogens is 1. The third kappa shape index (κ3) is 3.34. The first-order chi connectivity index (χ1) is 14.5. The Kier molecular flexibility index (Phi) is 4.72. The molecule has 1 aliphatic heterocycles. The molecule has 0 atom stereocenters. The van der Waals surface area contributed by atoms with Crippen LogP contribution >= 0.6 is 15.9 Å². The van der Waals surface area contributed by atoms with Gasteiger partial charge in [-0.1, -0.05) is 15.9 Å². The number of hydrogen-bond acceptors (Lipinski definition) is 6. The molecule has 0 radical (unpaired) electrons. The summed E-state index contributed by atoms with van der Waals surface area (Å²) in [6.45, 7) is 2.35. The van der Waals surface area contributed by atoms with E-state index in [9.17, 15) is 14.7 Å². The molecule has 0 bridgehead atoms. The lowest BCUT2D eigenvalue weighted by Crippen LogP contribution is -2.19. The molecule has 5 rings (SSSR count). The maximum Gasteiger partial charge on any atom is 0.344 e. The number of phenolic OH excluding ortho intramolecular Hbond substituents is 1. The van der Waals surface area contributed by atoms with Crippen molar-refractivity contribution < 1.29 is 13.9 Å². The molecule has 3 heterocycles. The molecular formula is C23H18BrNO5. The van der Waals surface area contributed by atoms with E-state index in [-0.39, 0.29) is 11.3 Å². The summed E-state index contributed by atoms with van der Waals surface area (Å²) >= 11 is 3.42. The molecule has 152 valence electrons. The van der Waals surface area contributed by atoms with Gasteiger partial charge in [0.1, 0.15) is 16.9 Å². The number of likely N-dealkylation sites (tertiary alicyclic amines) is 1. The van der Waals surface area contributed by atoms with Crippen LogP contribution in [0.4, 0.5) is 0 Å². The number of nitrogens with zero attached hydrogens (tertiary/aromatic N) is 1. The van der Waals surface area contributed by atoms with Crippen molar-refractivity contribution in [1.29, 1.82) is 0 Å². The van der Waals surface area contributed by atoms with Crippen LogP contribution in [0.2, 0.25) is 0 Å². The van der Waals surface area contributed by atoms with E-state index in [1.165, 1.54) is 6.07 Å². The highest BCUT2D eigenvalue weighted by molar-refractivity contribution is 9.10. The summed E-state index contributed by atoms with van der Waals surface area (Å²) in [6.07, 6.45) is 2.21. The van der Waals surface area contributed by atoms with Crippen molar-refractivity contribution in [3.8, 4) is 16.9 Å². The fraction of sp³-hybridized carbons (Fsp3) is 0.217. The number of benzene rings is 2. The van der Waals surface area contributed by atoms with Gasteiger partial charge in [0, 0.05) is 33.4 Å². The quantitative estimate of drug-likeness (QED) is 0.442. The van der Waals surface area contributed by atoms with Crippen molar-refractivity contribution in [3.63, 3.8) is 0 Å². The average molecular weight is 468 g/mol. The van der Waals surface area contributed by atoms with Crippen molar-refractivity contribution in [2.45, 2.75) is 19.4 Å². The standard InChI is InChI=1S/C23H18BrNO5/c24-14-3-6-20-13(9-14)10-17(23(28)29-20)16-11-21(27)30-22-15(16)4-5-19(26)18(22)12-25-7-1-2-8-25/h3-6,9-11,26H,1-2,7-8,12H2. The van der Waals surface area contributed by atoms with Gasteiger partial charge in [-0.05, 0) is 62.3 Å². The van der Waals surface area contributed by atoms with Crippen molar-refractivity contribution in [2.24, 2.45) is 0 Å². The Labute approximate surface area is 179 Å². The second-order valence-corrected chi connectivity index (χ2v) is 8.45. The number of aromatic hydroxyl groups is 1. The summed E-state index contributed by atoms with van der Waals surface area (Å²) in [5.74, 6) is 0.0733. The zero-order valence-corrected chi connectivity index (χ0v) is 17.6. The summed E-state index contributed by atoms with van der Waals surface area (Å²) in [5.41, 5.74) is 0.909. The van der Waals surface area contributed by atoms with Crippen molar-refractivity contribution >= 4 is 37.9 Å². The predicted octanol–water partition coefficient (Wildman–Crippen LogP) is 4.63. The zero-order valence-electron chi connectivity index (χ0n) is 16.0. The van der Waals surface area contributed by atoms with Gasteiger partial charge in [0.2, 0.25) is 0 Å². The first-order valence-corrected chi connectivity index (χ1v) is 10.5. The molecule has 0 aliphatic carbocycles. The van der Waals surface area contributed by atoms with Crippen LogP contribution < -0.4 is 11.3 Å². The summed E-state index contributed by atoms with van der Waals surface area (Å²) in [5, 5.41) is 11.8. The smallest absolute Gasteiger partial charge is 0.344 e. The molecule has 0 unspecified atom stereocenters. The average Bonchev–Trinajstić information content (AvgIpc) is 3.23. The van der Waals surface area contributed by atoms with Crippen LogP contribution in [-0.2, 0) is 6.54 Å². The number of phenols is 1. The fourth-order valence-electron chi connectivity index (χ4n) is 4.09. The van der Waals surface area contributed by atoms with Gasteiger partial charge in [-0.25, -0.2) is 9.59 Å². The van der Waals surface area contributed by atoms with E-state index in [0.29, 0.717) is 34.2 Å². The maximum absolute atomic E-state index is 12.7. The Balaban J connectivity index is 1.76. The van der Waals surface area contributed by atoms with Gasteiger partial charge in [0.25, 0.3) is 0 Å². The minimum Gasteiger partial charge on any atom is -0.507 e. The van der Waals surface area contributed by atoms with Gasteiger partial charge in [0.05, 0.1) is 11.1 Å². The summed E-state index contributed by atoms with van der Waals surface area (Å²) in [6, 6.07) is 11.6. The van der Waals surface area contributed by atoms with Crippen LogP contribution in [0.25, 0.3) is 33.1 Å². The van der Waals surface area contributed by atoms with E-state index in [0.717, 1.165) is 35.8 Å². The van der Waals surface area contributed by atoms with Gasteiger partial charge < -0.3 is 13.9 Å². The highest BCUT2D eigenvalue weighted by Gasteiger charge is 2.20. The molecule has 1 fully saturated rings. The van der Waals surface area contributed by atoms with E-state index in [2.05, 4.69) is 20.8 Å². The van der Waals surface area contributed by atoms with Crippen LogP contribution in [0.5, 0.6) is 5.75 Å². The van der Waals surface area contributed by atoms with Crippen LogP contribution in [0.15, 0.2) is 65.4 Å². The van der Waals surface area contributed by atoms with E-state index in [1.807, 2.05) is 6.07 Å². The maximum atomic E-state index is 12.7. The highest BCUT2D eigenvalue weighted by atomic mass is 79.9. The number of hydrogen-bond donors (Lipinski definition) is 1. The molecule has 7 heteroatoms. The molecule has 0 saturated carbocycles. The Morgan fingerprint density at radius 3 is 2.57 bits per heavy atom. The normalized spacial score (nSPS) is 14.7. The van der Waals surface area contributed by atoms with Crippen molar-refractivity contribution in [2.75, 3.05) is 13.1 Å². The van der Waals surface area contributed by atoms with Crippen LogP contribution in [0.3, 0.4) is 0 Å². The topological polar surface area (TPSA) is 83.9 Å². The van der Waals surface area contributed by atoms with E-state index in [4.69, 9.17) is 8.83 Å². The third-order valence-corrected chi connectivity index (χ3v) is 6.05. The minimum atomic E-state index is -0.584. The van der Waals surface area contributed by atoms with Gasteiger partial charge in [-0.3, -0.25) is 4.90 Å². The molecular weight excluding hydrogens is 450 g/mol. The Bertz CT molecular complexity index is 1400. The molecule has 2 aromatic heterocycles. The molecule has 1 N–H and O–H groups in total. The molecule has 2 aromatic carbocycles. The second kappa shape index (κ2) is 7.41. The van der Waals surface area contributed by atoms with Crippen LogP contribution in [-0.4, -0.2) is 23.1 Å². The lowest BCUT2D eigenvalue weighted by Gasteiger charge is -2.17.